The molecule has 0 fully saturated rings. The Kier molecular flexibility index (Phi) is 5.78. The Bertz CT molecular complexity index is 774. The van der Waals surface area contributed by atoms with Crippen LogP contribution in [0, 0.1) is 5.41 Å². The standard InChI is InChI=1S/C15H20ClN5O4/c1-9(22)24-6-15(3,7-25-10(2)23)4-5-21-8-18-11-12(16)19-14(17)20-13(11)21/h8H,4-7H2,1-3H3,(H2,17,19,20). The molecule has 25 heavy (non-hydrogen) atoms. The molecule has 0 radical (unpaired) electrons. The molecule has 136 valence electrons. The molecule has 10 heteroatoms. The molecule has 0 unspecified atom stereocenters. The van der Waals surface area contributed by atoms with E-state index in [0.29, 0.717) is 24.1 Å². The first kappa shape index (κ1) is 18.9. The van der Waals surface area contributed by atoms with Gasteiger partial charge in [-0.05, 0) is 6.42 Å². The van der Waals surface area contributed by atoms with Crippen LogP contribution >= 0.6 is 11.6 Å². The Balaban J connectivity index is 2.16. The smallest absolute Gasteiger partial charge is 0.302 e. The molecule has 0 aromatic carbocycles. The Hall–Kier alpha value is -2.42. The van der Waals surface area contributed by atoms with Crippen molar-refractivity contribution in [3.05, 3.63) is 11.5 Å². The lowest BCUT2D eigenvalue weighted by Crippen LogP contribution is -2.32. The summed E-state index contributed by atoms with van der Waals surface area (Å²) in [5.41, 5.74) is 6.04. The molecule has 0 atom stereocenters. The van der Waals surface area contributed by atoms with Gasteiger partial charge < -0.3 is 19.8 Å². The van der Waals surface area contributed by atoms with E-state index in [1.54, 1.807) is 10.9 Å². The highest BCUT2D eigenvalue weighted by atomic mass is 35.5. The van der Waals surface area contributed by atoms with E-state index in [9.17, 15) is 9.59 Å². The van der Waals surface area contributed by atoms with Crippen molar-refractivity contribution in [2.75, 3.05) is 18.9 Å². The summed E-state index contributed by atoms with van der Waals surface area (Å²) in [4.78, 5) is 34.4. The van der Waals surface area contributed by atoms with Gasteiger partial charge >= 0.3 is 11.9 Å². The number of esters is 2. The number of hydrogen-bond donors (Lipinski definition) is 1. The lowest BCUT2D eigenvalue weighted by molar-refractivity contribution is -0.151. The van der Waals surface area contributed by atoms with Crippen LogP contribution in [0.1, 0.15) is 27.2 Å². The molecule has 2 N–H and O–H groups in total. The largest absolute Gasteiger partial charge is 0.465 e. The molecular weight excluding hydrogens is 350 g/mol. The van der Waals surface area contributed by atoms with E-state index < -0.39 is 17.4 Å². The number of anilines is 1. The highest BCUT2D eigenvalue weighted by Crippen LogP contribution is 2.26. The summed E-state index contributed by atoms with van der Waals surface area (Å²) in [6.45, 7) is 5.27. The van der Waals surface area contributed by atoms with Crippen LogP contribution in [-0.4, -0.2) is 44.7 Å². The van der Waals surface area contributed by atoms with E-state index in [1.165, 1.54) is 13.8 Å². The number of fused-ring (bicyclic) bond motifs is 1. The van der Waals surface area contributed by atoms with Gasteiger partial charge in [0.25, 0.3) is 0 Å². The Morgan fingerprint density at radius 1 is 1.24 bits per heavy atom. The van der Waals surface area contributed by atoms with Gasteiger partial charge in [0.15, 0.2) is 10.8 Å². The zero-order chi connectivity index (χ0) is 18.6. The first-order chi connectivity index (χ1) is 11.7. The molecule has 0 saturated heterocycles. The molecule has 0 spiro atoms. The predicted octanol–water partition coefficient (Wildman–Crippen LogP) is 1.58. The second-order valence-electron chi connectivity index (χ2n) is 6.10. The van der Waals surface area contributed by atoms with Crippen molar-refractivity contribution in [2.45, 2.75) is 33.7 Å². The van der Waals surface area contributed by atoms with Crippen molar-refractivity contribution in [3.8, 4) is 0 Å². The molecule has 0 aliphatic rings. The van der Waals surface area contributed by atoms with Gasteiger partial charge in [-0.15, -0.1) is 0 Å². The minimum absolute atomic E-state index is 0.0573. The lowest BCUT2D eigenvalue weighted by atomic mass is 9.88. The maximum atomic E-state index is 11.1. The highest BCUT2D eigenvalue weighted by molar-refractivity contribution is 6.33. The Morgan fingerprint density at radius 3 is 2.40 bits per heavy atom. The van der Waals surface area contributed by atoms with Gasteiger partial charge in [0.1, 0.15) is 5.52 Å². The molecule has 0 aliphatic carbocycles. The number of carbonyl (C=O) groups excluding carboxylic acids is 2. The number of imidazole rings is 1. The van der Waals surface area contributed by atoms with Crippen LogP contribution in [0.2, 0.25) is 5.15 Å². The number of halogens is 1. The van der Waals surface area contributed by atoms with E-state index in [-0.39, 0.29) is 24.3 Å². The molecule has 2 aromatic rings. The normalized spacial score (nSPS) is 11.5. The number of aryl methyl sites for hydroxylation is 1. The molecule has 0 bridgehead atoms. The number of ether oxygens (including phenoxy) is 2. The van der Waals surface area contributed by atoms with Gasteiger partial charge in [0.05, 0.1) is 19.5 Å². The second kappa shape index (κ2) is 7.64. The van der Waals surface area contributed by atoms with Gasteiger partial charge in [-0.3, -0.25) is 9.59 Å². The second-order valence-corrected chi connectivity index (χ2v) is 6.46. The van der Waals surface area contributed by atoms with Crippen molar-refractivity contribution in [1.29, 1.82) is 0 Å². The number of nitrogen functional groups attached to an aromatic ring is 1. The maximum absolute atomic E-state index is 11.1. The van der Waals surface area contributed by atoms with Crippen LogP contribution in [0.4, 0.5) is 5.95 Å². The molecule has 0 aliphatic heterocycles. The SMILES string of the molecule is CC(=O)OCC(C)(CCn1cnc2c(Cl)nc(N)nc21)COC(C)=O. The average Bonchev–Trinajstić information content (AvgIpc) is 2.92. The molecular formula is C15H20ClN5O4. The van der Waals surface area contributed by atoms with Crippen molar-refractivity contribution >= 4 is 40.7 Å². The molecule has 0 amide bonds. The number of rotatable bonds is 7. The summed E-state index contributed by atoms with van der Waals surface area (Å²) in [6.07, 6.45) is 2.13. The third-order valence-electron chi connectivity index (χ3n) is 3.64. The Morgan fingerprint density at radius 2 is 1.84 bits per heavy atom. The van der Waals surface area contributed by atoms with Crippen LogP contribution in [0.5, 0.6) is 0 Å². The predicted molar refractivity (Wildman–Crippen MR) is 90.7 cm³/mol. The third kappa shape index (κ3) is 5.02. The summed E-state index contributed by atoms with van der Waals surface area (Å²) in [5, 5.41) is 0.184. The minimum Gasteiger partial charge on any atom is -0.465 e. The molecule has 2 heterocycles. The van der Waals surface area contributed by atoms with Crippen LogP contribution in [-0.2, 0) is 25.6 Å². The summed E-state index contributed by atoms with van der Waals surface area (Å²) in [6, 6.07) is 0. The van der Waals surface area contributed by atoms with E-state index in [0.717, 1.165) is 0 Å². The quantitative estimate of drug-likeness (QED) is 0.576. The lowest BCUT2D eigenvalue weighted by Gasteiger charge is -2.28. The highest BCUT2D eigenvalue weighted by Gasteiger charge is 2.28. The zero-order valence-corrected chi connectivity index (χ0v) is 15.0. The summed E-state index contributed by atoms with van der Waals surface area (Å²) in [7, 11) is 0. The third-order valence-corrected chi connectivity index (χ3v) is 3.91. The van der Waals surface area contributed by atoms with Gasteiger partial charge in [-0.2, -0.15) is 9.97 Å². The van der Waals surface area contributed by atoms with Gasteiger partial charge in [-0.25, -0.2) is 4.98 Å². The van der Waals surface area contributed by atoms with Crippen molar-refractivity contribution < 1.29 is 19.1 Å². The van der Waals surface area contributed by atoms with Crippen molar-refractivity contribution in [2.24, 2.45) is 5.41 Å². The van der Waals surface area contributed by atoms with E-state index >= 15 is 0 Å². The number of nitrogens with two attached hydrogens (primary N) is 1. The van der Waals surface area contributed by atoms with Crippen molar-refractivity contribution in [1.82, 2.24) is 19.5 Å². The first-order valence-electron chi connectivity index (χ1n) is 7.61. The fourth-order valence-electron chi connectivity index (χ4n) is 2.22. The topological polar surface area (TPSA) is 122 Å². The average molecular weight is 370 g/mol. The van der Waals surface area contributed by atoms with Crippen molar-refractivity contribution in [3.63, 3.8) is 0 Å². The van der Waals surface area contributed by atoms with Gasteiger partial charge in [-0.1, -0.05) is 18.5 Å². The minimum atomic E-state index is -0.559. The zero-order valence-electron chi connectivity index (χ0n) is 14.3. The van der Waals surface area contributed by atoms with Crippen LogP contribution in [0.15, 0.2) is 6.33 Å². The van der Waals surface area contributed by atoms with E-state index in [2.05, 4.69) is 15.0 Å². The number of nitrogens with zero attached hydrogens (tertiary/aromatic N) is 4. The monoisotopic (exact) mass is 369 g/mol. The molecule has 0 saturated carbocycles. The number of aromatic nitrogens is 4. The molecule has 2 aromatic heterocycles. The molecule has 9 nitrogen and oxygen atoms in total. The summed E-state index contributed by atoms with van der Waals surface area (Å²) >= 11 is 6.01. The number of hydrogen-bond acceptors (Lipinski definition) is 8. The van der Waals surface area contributed by atoms with Crippen LogP contribution in [0.3, 0.4) is 0 Å². The number of carbonyl (C=O) groups is 2. The summed E-state index contributed by atoms with van der Waals surface area (Å²) in [5.74, 6) is -0.731. The van der Waals surface area contributed by atoms with Crippen LogP contribution in [0.25, 0.3) is 11.2 Å². The van der Waals surface area contributed by atoms with Gasteiger partial charge in [0, 0.05) is 25.8 Å². The fraction of sp³-hybridized carbons (Fsp3) is 0.533. The fourth-order valence-corrected chi connectivity index (χ4v) is 2.44. The van der Waals surface area contributed by atoms with Gasteiger partial charge in [0.2, 0.25) is 5.95 Å². The Labute approximate surface area is 149 Å². The first-order valence-corrected chi connectivity index (χ1v) is 7.98. The summed E-state index contributed by atoms with van der Waals surface area (Å²) < 4.78 is 12.0. The maximum Gasteiger partial charge on any atom is 0.302 e. The molecule has 2 rings (SSSR count). The van der Waals surface area contributed by atoms with E-state index in [4.69, 9.17) is 26.8 Å². The van der Waals surface area contributed by atoms with Crippen LogP contribution < -0.4 is 5.73 Å². The van der Waals surface area contributed by atoms with E-state index in [1.807, 2.05) is 6.92 Å².